The number of urea groups is 1. The van der Waals surface area contributed by atoms with E-state index in [1.807, 2.05) is 0 Å². The molecule has 1 aliphatic heterocycles. The monoisotopic (exact) mass is 435 g/mol. The van der Waals surface area contributed by atoms with Crippen molar-refractivity contribution in [2.24, 2.45) is 0 Å². The number of amides is 3. The molecule has 2 aromatic carbocycles. The zero-order valence-corrected chi connectivity index (χ0v) is 17.9. The van der Waals surface area contributed by atoms with Crippen LogP contribution in [-0.4, -0.2) is 35.8 Å². The molecule has 3 amide bonds. The Kier molecular flexibility index (Phi) is 5.10. The first-order valence-electron chi connectivity index (χ1n) is 9.68. The van der Waals surface area contributed by atoms with Crippen LogP contribution in [0.4, 0.5) is 10.5 Å². The Morgan fingerprint density at radius 3 is 2.03 bits per heavy atom. The third-order valence-corrected chi connectivity index (χ3v) is 7.16. The molecule has 0 atom stereocenters. The summed E-state index contributed by atoms with van der Waals surface area (Å²) in [5.74, 6) is -0.370. The van der Waals surface area contributed by atoms with Crippen molar-refractivity contribution in [3.05, 3.63) is 84.7 Å². The van der Waals surface area contributed by atoms with Gasteiger partial charge in [-0.05, 0) is 67.9 Å². The summed E-state index contributed by atoms with van der Waals surface area (Å²) >= 11 is 0. The summed E-state index contributed by atoms with van der Waals surface area (Å²) in [7, 11) is -3.69. The van der Waals surface area contributed by atoms with Crippen molar-refractivity contribution in [3.8, 4) is 0 Å². The lowest BCUT2D eigenvalue weighted by atomic mass is 10.0. The molecular weight excluding hydrogens is 414 g/mol. The third kappa shape index (κ3) is 3.59. The van der Waals surface area contributed by atoms with Crippen LogP contribution >= 0.6 is 0 Å². The Morgan fingerprint density at radius 2 is 1.42 bits per heavy atom. The number of hydrogen-bond acceptors (Lipinski definition) is 5. The summed E-state index contributed by atoms with van der Waals surface area (Å²) in [5, 5.41) is 0. The number of sulfone groups is 1. The number of carbonyl (C=O) groups is 2. The fourth-order valence-corrected chi connectivity index (χ4v) is 4.79. The van der Waals surface area contributed by atoms with Gasteiger partial charge in [-0.2, -0.15) is 0 Å². The number of carbonyl (C=O) groups excluding carboxylic acids is 2. The summed E-state index contributed by atoms with van der Waals surface area (Å²) in [6.45, 7) is 3.66. The number of pyridine rings is 1. The highest BCUT2D eigenvalue weighted by Crippen LogP contribution is 2.34. The van der Waals surface area contributed by atoms with Crippen molar-refractivity contribution in [2.75, 3.05) is 4.90 Å². The van der Waals surface area contributed by atoms with Crippen LogP contribution < -0.4 is 4.90 Å². The van der Waals surface area contributed by atoms with Crippen molar-refractivity contribution in [1.82, 2.24) is 9.88 Å². The zero-order valence-electron chi connectivity index (χ0n) is 17.1. The first-order chi connectivity index (χ1) is 14.7. The molecule has 8 heteroatoms. The van der Waals surface area contributed by atoms with Crippen molar-refractivity contribution in [1.29, 1.82) is 0 Å². The molecule has 31 heavy (non-hydrogen) atoms. The third-order valence-electron chi connectivity index (χ3n) is 5.37. The van der Waals surface area contributed by atoms with Crippen LogP contribution in [0, 0.1) is 0 Å². The van der Waals surface area contributed by atoms with E-state index in [0.717, 1.165) is 10.5 Å². The minimum atomic E-state index is -3.69. The number of imide groups is 1. The molecule has 7 nitrogen and oxygen atoms in total. The molecule has 0 bridgehead atoms. The van der Waals surface area contributed by atoms with Crippen molar-refractivity contribution in [3.63, 3.8) is 0 Å². The summed E-state index contributed by atoms with van der Waals surface area (Å²) in [5.41, 5.74) is 0.137. The summed E-state index contributed by atoms with van der Waals surface area (Å²) in [6.07, 6.45) is 3.27. The Balaban J connectivity index is 1.64. The predicted octanol–water partition coefficient (Wildman–Crippen LogP) is 3.66. The van der Waals surface area contributed by atoms with Gasteiger partial charge in [0.1, 0.15) is 5.54 Å². The highest BCUT2D eigenvalue weighted by atomic mass is 32.2. The van der Waals surface area contributed by atoms with Gasteiger partial charge in [0.2, 0.25) is 9.84 Å². The summed E-state index contributed by atoms with van der Waals surface area (Å²) in [6, 6.07) is 17.0. The van der Waals surface area contributed by atoms with Crippen molar-refractivity contribution in [2.45, 2.75) is 35.7 Å². The Hall–Kier alpha value is -3.52. The largest absolute Gasteiger partial charge is 0.332 e. The van der Waals surface area contributed by atoms with E-state index < -0.39 is 21.4 Å². The molecule has 0 aliphatic carbocycles. The maximum absolute atomic E-state index is 13.1. The first-order valence-corrected chi connectivity index (χ1v) is 11.2. The second-order valence-electron chi connectivity index (χ2n) is 7.73. The Morgan fingerprint density at radius 1 is 0.839 bits per heavy atom. The van der Waals surface area contributed by atoms with Crippen molar-refractivity contribution < 1.29 is 18.0 Å². The summed E-state index contributed by atoms with van der Waals surface area (Å²) in [4.78, 5) is 33.1. The van der Waals surface area contributed by atoms with Gasteiger partial charge in [-0.25, -0.2) is 18.1 Å². The lowest BCUT2D eigenvalue weighted by Gasteiger charge is -2.27. The van der Waals surface area contributed by atoms with Gasteiger partial charge >= 0.3 is 6.03 Å². The maximum Gasteiger partial charge on any atom is 0.332 e. The standard InChI is InChI=1S/C23H21N3O4S/c1-23(2)21(27)26(22(28)25(23)16-17-12-14-24-15-13-17)18-8-10-20(11-9-18)31(29,30)19-6-4-3-5-7-19/h3-15H,16H2,1-2H3. The molecule has 0 radical (unpaired) electrons. The van der Waals surface area contributed by atoms with Gasteiger partial charge < -0.3 is 4.90 Å². The van der Waals surface area contributed by atoms with E-state index >= 15 is 0 Å². The molecule has 1 fully saturated rings. The second-order valence-corrected chi connectivity index (χ2v) is 9.68. The number of aromatic nitrogens is 1. The van der Waals surface area contributed by atoms with Gasteiger partial charge in [0.15, 0.2) is 0 Å². The van der Waals surface area contributed by atoms with E-state index in [4.69, 9.17) is 0 Å². The normalized spacial score (nSPS) is 16.1. The number of anilines is 1. The SMILES string of the molecule is CC1(C)C(=O)N(c2ccc(S(=O)(=O)c3ccccc3)cc2)C(=O)N1Cc1ccncc1. The first kappa shape index (κ1) is 20.7. The highest BCUT2D eigenvalue weighted by molar-refractivity contribution is 7.91. The minimum absolute atomic E-state index is 0.0921. The molecular formula is C23H21N3O4S. The topological polar surface area (TPSA) is 87.7 Å². The van der Waals surface area contributed by atoms with Gasteiger partial charge in [-0.1, -0.05) is 18.2 Å². The molecule has 1 aromatic heterocycles. The van der Waals surface area contributed by atoms with E-state index in [2.05, 4.69) is 4.98 Å². The van der Waals surface area contributed by atoms with Crippen LogP contribution in [0.25, 0.3) is 0 Å². The molecule has 4 rings (SSSR count). The van der Waals surface area contributed by atoms with E-state index in [1.54, 1.807) is 56.6 Å². The number of benzene rings is 2. The average Bonchev–Trinajstić information content (AvgIpc) is 2.94. The molecule has 158 valence electrons. The van der Waals surface area contributed by atoms with E-state index in [0.29, 0.717) is 5.69 Å². The lowest BCUT2D eigenvalue weighted by Crippen LogP contribution is -2.43. The van der Waals surface area contributed by atoms with Crippen molar-refractivity contribution >= 4 is 27.5 Å². The molecule has 1 saturated heterocycles. The second kappa shape index (κ2) is 7.63. The molecule has 0 N–H and O–H groups in total. The fraction of sp³-hybridized carbons (Fsp3) is 0.174. The molecule has 1 aliphatic rings. The van der Waals surface area contributed by atoms with Crippen LogP contribution in [0.3, 0.4) is 0 Å². The van der Waals surface area contributed by atoms with E-state index in [9.17, 15) is 18.0 Å². The number of nitrogens with zero attached hydrogens (tertiary/aromatic N) is 3. The summed E-state index contributed by atoms with van der Waals surface area (Å²) < 4.78 is 25.6. The number of rotatable bonds is 5. The molecule has 3 aromatic rings. The maximum atomic E-state index is 13.1. The quantitative estimate of drug-likeness (QED) is 0.571. The van der Waals surface area contributed by atoms with E-state index in [1.165, 1.54) is 41.3 Å². The predicted molar refractivity (Wildman–Crippen MR) is 115 cm³/mol. The van der Waals surface area contributed by atoms with Crippen LogP contribution in [-0.2, 0) is 21.2 Å². The zero-order chi connectivity index (χ0) is 22.2. The van der Waals surface area contributed by atoms with Gasteiger partial charge in [-0.3, -0.25) is 9.78 Å². The van der Waals surface area contributed by atoms with E-state index in [-0.39, 0.29) is 22.2 Å². The van der Waals surface area contributed by atoms with Crippen LogP contribution in [0.2, 0.25) is 0 Å². The molecule has 0 unspecified atom stereocenters. The molecule has 2 heterocycles. The van der Waals surface area contributed by atoms with Gasteiger partial charge in [0.25, 0.3) is 5.91 Å². The minimum Gasteiger partial charge on any atom is -0.305 e. The highest BCUT2D eigenvalue weighted by Gasteiger charge is 2.51. The molecule has 0 saturated carbocycles. The fourth-order valence-electron chi connectivity index (χ4n) is 3.51. The average molecular weight is 436 g/mol. The smallest absolute Gasteiger partial charge is 0.305 e. The molecule has 0 spiro atoms. The van der Waals surface area contributed by atoms with Gasteiger partial charge in [-0.15, -0.1) is 0 Å². The van der Waals surface area contributed by atoms with Crippen LogP contribution in [0.1, 0.15) is 19.4 Å². The Bertz CT molecular complexity index is 1220. The van der Waals surface area contributed by atoms with Crippen LogP contribution in [0.15, 0.2) is 88.9 Å². The van der Waals surface area contributed by atoms with Gasteiger partial charge in [0, 0.05) is 18.9 Å². The van der Waals surface area contributed by atoms with Crippen LogP contribution in [0.5, 0.6) is 0 Å². The lowest BCUT2D eigenvalue weighted by molar-refractivity contribution is -0.123. The number of hydrogen-bond donors (Lipinski definition) is 0. The Labute approximate surface area is 180 Å². The van der Waals surface area contributed by atoms with Gasteiger partial charge in [0.05, 0.1) is 15.5 Å².